The molecule has 152 valence electrons. The number of thiazole rings is 1. The van der Waals surface area contributed by atoms with Crippen LogP contribution in [0.4, 0.5) is 5.13 Å². The van der Waals surface area contributed by atoms with Crippen molar-refractivity contribution in [3.8, 4) is 0 Å². The summed E-state index contributed by atoms with van der Waals surface area (Å²) in [6.45, 7) is 7.13. The van der Waals surface area contributed by atoms with Gasteiger partial charge in [0.15, 0.2) is 5.13 Å². The number of aliphatic carboxylic acids is 1. The predicted octanol–water partition coefficient (Wildman–Crippen LogP) is 4.68. The molecule has 0 bridgehead atoms. The highest BCUT2D eigenvalue weighted by atomic mass is 35.5. The lowest BCUT2D eigenvalue weighted by molar-refractivity contribution is -0.136. The monoisotopic (exact) mass is 429 g/mol. The Balaban J connectivity index is 1.48. The third kappa shape index (κ3) is 4.55. The molecular weight excluding hydrogens is 406 g/mol. The maximum Gasteiger partial charge on any atom is 0.307 e. The first-order valence-electron chi connectivity index (χ1n) is 9.75. The molecule has 1 aromatic heterocycles. The summed E-state index contributed by atoms with van der Waals surface area (Å²) in [6, 6.07) is 14.5. The summed E-state index contributed by atoms with van der Waals surface area (Å²) in [5.74, 6) is -0.797. The molecule has 0 spiro atoms. The van der Waals surface area contributed by atoms with Gasteiger partial charge in [0.25, 0.3) is 0 Å². The van der Waals surface area contributed by atoms with Gasteiger partial charge in [-0.2, -0.15) is 0 Å². The summed E-state index contributed by atoms with van der Waals surface area (Å²) in [5.41, 5.74) is 3.00. The van der Waals surface area contributed by atoms with E-state index in [0.717, 1.165) is 51.1 Å². The fraction of sp³-hybridized carbons (Fsp3) is 0.364. The van der Waals surface area contributed by atoms with E-state index in [1.807, 2.05) is 36.4 Å². The minimum Gasteiger partial charge on any atom is -0.481 e. The van der Waals surface area contributed by atoms with Crippen LogP contribution in [0.3, 0.4) is 0 Å². The van der Waals surface area contributed by atoms with Crippen molar-refractivity contribution in [2.75, 3.05) is 18.0 Å². The summed E-state index contributed by atoms with van der Waals surface area (Å²) in [4.78, 5) is 20.7. The Hall–Kier alpha value is -2.15. The SMILES string of the molecule is CC1CN(c2nc3ccc(Cl)cc3s2)CC(C)N1Cc1cccc(CC(=O)O)c1. The van der Waals surface area contributed by atoms with Crippen LogP contribution >= 0.6 is 22.9 Å². The number of anilines is 1. The van der Waals surface area contributed by atoms with E-state index in [4.69, 9.17) is 21.7 Å². The molecule has 1 N–H and O–H groups in total. The Kier molecular flexibility index (Phi) is 5.76. The molecule has 4 rings (SSSR count). The zero-order valence-corrected chi connectivity index (χ0v) is 18.1. The molecule has 1 saturated heterocycles. The van der Waals surface area contributed by atoms with Crippen LogP contribution in [0.2, 0.25) is 5.02 Å². The highest BCUT2D eigenvalue weighted by Crippen LogP contribution is 2.33. The number of nitrogens with zero attached hydrogens (tertiary/aromatic N) is 3. The minimum atomic E-state index is -0.797. The third-order valence-corrected chi connectivity index (χ3v) is 6.74. The number of carboxylic acid groups (broad SMARTS) is 1. The zero-order valence-electron chi connectivity index (χ0n) is 16.5. The Labute approximate surface area is 179 Å². The third-order valence-electron chi connectivity index (χ3n) is 5.42. The van der Waals surface area contributed by atoms with E-state index in [1.165, 1.54) is 0 Å². The molecule has 2 aromatic carbocycles. The molecule has 2 heterocycles. The van der Waals surface area contributed by atoms with Crippen molar-refractivity contribution in [2.45, 2.75) is 38.9 Å². The highest BCUT2D eigenvalue weighted by molar-refractivity contribution is 7.22. The largest absolute Gasteiger partial charge is 0.481 e. The van der Waals surface area contributed by atoms with Crippen LogP contribution < -0.4 is 4.90 Å². The van der Waals surface area contributed by atoms with E-state index in [1.54, 1.807) is 11.3 Å². The molecule has 0 radical (unpaired) electrons. The number of halogens is 1. The number of rotatable bonds is 5. The lowest BCUT2D eigenvalue weighted by atomic mass is 10.0. The molecule has 1 aliphatic heterocycles. The van der Waals surface area contributed by atoms with Gasteiger partial charge in [0.05, 0.1) is 16.6 Å². The Morgan fingerprint density at radius 3 is 2.62 bits per heavy atom. The number of fused-ring (bicyclic) bond motifs is 1. The fourth-order valence-electron chi connectivity index (χ4n) is 4.07. The first-order chi connectivity index (χ1) is 13.9. The van der Waals surface area contributed by atoms with Crippen LogP contribution in [0.25, 0.3) is 10.2 Å². The van der Waals surface area contributed by atoms with Gasteiger partial charge in [0.2, 0.25) is 0 Å². The number of aromatic nitrogens is 1. The summed E-state index contributed by atoms with van der Waals surface area (Å²) in [7, 11) is 0. The summed E-state index contributed by atoms with van der Waals surface area (Å²) >= 11 is 7.81. The van der Waals surface area contributed by atoms with Crippen LogP contribution in [0.5, 0.6) is 0 Å². The van der Waals surface area contributed by atoms with Crippen LogP contribution in [-0.2, 0) is 17.8 Å². The first kappa shape index (κ1) is 20.1. The molecule has 7 heteroatoms. The standard InChI is InChI=1S/C22H24ClN3O2S/c1-14-11-25(22-24-19-7-6-18(23)10-20(19)29-22)12-15(2)26(14)13-17-5-3-4-16(8-17)9-21(27)28/h3-8,10,14-15H,9,11-13H2,1-2H3,(H,27,28). The van der Waals surface area contributed by atoms with Crippen molar-refractivity contribution in [1.82, 2.24) is 9.88 Å². The number of carboxylic acids is 1. The summed E-state index contributed by atoms with van der Waals surface area (Å²) in [6.07, 6.45) is 0.0638. The van der Waals surface area contributed by atoms with Gasteiger partial charge in [0.1, 0.15) is 0 Å². The molecule has 2 atom stereocenters. The average Bonchev–Trinajstić information content (AvgIpc) is 3.07. The quantitative estimate of drug-likeness (QED) is 0.638. The topological polar surface area (TPSA) is 56.7 Å². The number of piperazine rings is 1. The Morgan fingerprint density at radius 2 is 1.90 bits per heavy atom. The predicted molar refractivity (Wildman–Crippen MR) is 119 cm³/mol. The lowest BCUT2D eigenvalue weighted by Gasteiger charge is -2.44. The van der Waals surface area contributed by atoms with Crippen molar-refractivity contribution in [1.29, 1.82) is 0 Å². The fourth-order valence-corrected chi connectivity index (χ4v) is 5.33. The van der Waals surface area contributed by atoms with E-state index in [-0.39, 0.29) is 6.42 Å². The second kappa shape index (κ2) is 8.30. The van der Waals surface area contributed by atoms with Gasteiger partial charge >= 0.3 is 5.97 Å². The van der Waals surface area contributed by atoms with Crippen molar-refractivity contribution in [2.24, 2.45) is 0 Å². The van der Waals surface area contributed by atoms with E-state index >= 15 is 0 Å². The number of carbonyl (C=O) groups is 1. The lowest BCUT2D eigenvalue weighted by Crippen LogP contribution is -2.56. The van der Waals surface area contributed by atoms with Gasteiger partial charge in [-0.15, -0.1) is 0 Å². The molecule has 0 amide bonds. The van der Waals surface area contributed by atoms with Crippen LogP contribution in [0.15, 0.2) is 42.5 Å². The normalized spacial score (nSPS) is 20.3. The number of hydrogen-bond acceptors (Lipinski definition) is 5. The van der Waals surface area contributed by atoms with E-state index in [2.05, 4.69) is 29.7 Å². The second-order valence-electron chi connectivity index (χ2n) is 7.77. The van der Waals surface area contributed by atoms with Gasteiger partial charge in [-0.25, -0.2) is 4.98 Å². The molecule has 0 aliphatic carbocycles. The van der Waals surface area contributed by atoms with Crippen LogP contribution in [0.1, 0.15) is 25.0 Å². The highest BCUT2D eigenvalue weighted by Gasteiger charge is 2.30. The maximum absolute atomic E-state index is 11.0. The molecular formula is C22H24ClN3O2S. The van der Waals surface area contributed by atoms with E-state index in [0.29, 0.717) is 12.1 Å². The molecule has 1 fully saturated rings. The smallest absolute Gasteiger partial charge is 0.307 e. The second-order valence-corrected chi connectivity index (χ2v) is 9.22. The molecule has 29 heavy (non-hydrogen) atoms. The Bertz CT molecular complexity index is 1030. The molecule has 2 unspecified atom stereocenters. The van der Waals surface area contributed by atoms with E-state index < -0.39 is 5.97 Å². The van der Waals surface area contributed by atoms with Gasteiger partial charge < -0.3 is 10.0 Å². The van der Waals surface area contributed by atoms with Crippen molar-refractivity contribution in [3.05, 3.63) is 58.6 Å². The van der Waals surface area contributed by atoms with Crippen molar-refractivity contribution < 1.29 is 9.90 Å². The average molecular weight is 430 g/mol. The molecule has 0 saturated carbocycles. The van der Waals surface area contributed by atoms with Crippen LogP contribution in [0, 0.1) is 0 Å². The van der Waals surface area contributed by atoms with Gasteiger partial charge in [-0.3, -0.25) is 9.69 Å². The molecule has 1 aliphatic rings. The van der Waals surface area contributed by atoms with Gasteiger partial charge in [0, 0.05) is 36.7 Å². The van der Waals surface area contributed by atoms with Crippen molar-refractivity contribution in [3.63, 3.8) is 0 Å². The number of hydrogen-bond donors (Lipinski definition) is 1. The zero-order chi connectivity index (χ0) is 20.5. The van der Waals surface area contributed by atoms with Crippen molar-refractivity contribution >= 4 is 44.3 Å². The summed E-state index contributed by atoms with van der Waals surface area (Å²) < 4.78 is 1.12. The Morgan fingerprint density at radius 1 is 1.17 bits per heavy atom. The maximum atomic E-state index is 11.0. The van der Waals surface area contributed by atoms with E-state index in [9.17, 15) is 4.79 Å². The molecule has 3 aromatic rings. The molecule has 5 nitrogen and oxygen atoms in total. The van der Waals surface area contributed by atoms with Crippen LogP contribution in [-0.4, -0.2) is 46.1 Å². The van der Waals surface area contributed by atoms with Gasteiger partial charge in [-0.05, 0) is 43.2 Å². The van der Waals surface area contributed by atoms with Gasteiger partial charge in [-0.1, -0.05) is 47.2 Å². The minimum absolute atomic E-state index is 0.0638. The summed E-state index contributed by atoms with van der Waals surface area (Å²) in [5, 5.41) is 10.8. The number of benzene rings is 2. The first-order valence-corrected chi connectivity index (χ1v) is 10.9.